The maximum Gasteiger partial charge on any atom is 0.265 e. The van der Waals surface area contributed by atoms with Crippen molar-refractivity contribution in [2.75, 3.05) is 55.5 Å². The molecule has 1 unspecified atom stereocenters. The van der Waals surface area contributed by atoms with Gasteiger partial charge in [-0.2, -0.15) is 4.98 Å². The van der Waals surface area contributed by atoms with Crippen LogP contribution in [-0.4, -0.2) is 62.4 Å². The summed E-state index contributed by atoms with van der Waals surface area (Å²) in [6.07, 6.45) is 0.988. The lowest BCUT2D eigenvalue weighted by Gasteiger charge is -2.28. The van der Waals surface area contributed by atoms with Crippen LogP contribution in [0.5, 0.6) is 5.75 Å². The number of amides is 1. The third-order valence-corrected chi connectivity index (χ3v) is 4.16. The molecule has 0 aliphatic carbocycles. The van der Waals surface area contributed by atoms with E-state index in [1.165, 1.54) is 0 Å². The average molecular weight is 371 g/mol. The number of carbonyl (C=O) groups is 1. The van der Waals surface area contributed by atoms with Crippen LogP contribution in [0.25, 0.3) is 0 Å². The summed E-state index contributed by atoms with van der Waals surface area (Å²) >= 11 is 0. The van der Waals surface area contributed by atoms with Crippen molar-refractivity contribution in [2.24, 2.45) is 0 Å². The molecule has 1 amide bonds. The van der Waals surface area contributed by atoms with E-state index in [1.54, 1.807) is 13.1 Å². The summed E-state index contributed by atoms with van der Waals surface area (Å²) in [5.74, 6) is 1.66. The topological polar surface area (TPSA) is 79.8 Å². The molecule has 1 aromatic carbocycles. The summed E-state index contributed by atoms with van der Waals surface area (Å²) in [6, 6.07) is 9.25. The van der Waals surface area contributed by atoms with E-state index in [0.717, 1.165) is 13.1 Å². The second-order valence-corrected chi connectivity index (χ2v) is 6.46. The molecule has 0 spiro atoms. The summed E-state index contributed by atoms with van der Waals surface area (Å²) in [5.41, 5.74) is 0.547. The van der Waals surface area contributed by atoms with E-state index in [1.807, 2.05) is 49.3 Å². The highest BCUT2D eigenvalue weighted by molar-refractivity contribution is 5.96. The molecule has 3 rings (SSSR count). The largest absolute Gasteiger partial charge is 0.481 e. The normalized spacial score (nSPS) is 15.1. The Balaban J connectivity index is 1.72. The van der Waals surface area contributed by atoms with Crippen LogP contribution in [0.3, 0.4) is 0 Å². The molecule has 0 saturated carbocycles. The Bertz CT molecular complexity index is 763. The fourth-order valence-electron chi connectivity index (χ4n) is 2.70. The lowest BCUT2D eigenvalue weighted by molar-refractivity contribution is -0.122. The van der Waals surface area contributed by atoms with Crippen LogP contribution in [0.2, 0.25) is 0 Å². The molecule has 2 heterocycles. The number of ether oxygens (including phenoxy) is 2. The molecule has 2 aromatic rings. The number of rotatable bonds is 6. The Labute approximate surface area is 159 Å². The number of carbonyl (C=O) groups excluding carboxylic acids is 1. The van der Waals surface area contributed by atoms with Gasteiger partial charge in [-0.3, -0.25) is 4.79 Å². The number of benzene rings is 1. The fraction of sp³-hybridized carbons (Fsp3) is 0.421. The van der Waals surface area contributed by atoms with Crippen LogP contribution >= 0.6 is 0 Å². The minimum atomic E-state index is -0.652. The van der Waals surface area contributed by atoms with Crippen molar-refractivity contribution >= 4 is 23.4 Å². The van der Waals surface area contributed by atoms with Crippen molar-refractivity contribution in [3.05, 3.63) is 36.5 Å². The summed E-state index contributed by atoms with van der Waals surface area (Å²) < 4.78 is 11.1. The molecule has 1 N–H and O–H groups in total. The molecule has 1 aliphatic heterocycles. The SMILES string of the molecule is CC(Oc1ccccc1)C(=O)Nc1cnc(N2CCOCC2)nc1N(C)C. The van der Waals surface area contributed by atoms with Crippen LogP contribution in [0.1, 0.15) is 6.92 Å². The Kier molecular flexibility index (Phi) is 6.08. The van der Waals surface area contributed by atoms with Crippen molar-refractivity contribution in [2.45, 2.75) is 13.0 Å². The maximum absolute atomic E-state index is 12.5. The van der Waals surface area contributed by atoms with E-state index < -0.39 is 6.10 Å². The smallest absolute Gasteiger partial charge is 0.265 e. The minimum absolute atomic E-state index is 0.260. The van der Waals surface area contributed by atoms with Crippen molar-refractivity contribution in [3.63, 3.8) is 0 Å². The summed E-state index contributed by atoms with van der Waals surface area (Å²) in [7, 11) is 3.76. The zero-order chi connectivity index (χ0) is 19.2. The second kappa shape index (κ2) is 8.68. The molecule has 144 valence electrons. The first-order chi connectivity index (χ1) is 13.0. The van der Waals surface area contributed by atoms with Crippen molar-refractivity contribution in [3.8, 4) is 5.75 Å². The van der Waals surface area contributed by atoms with Gasteiger partial charge in [0, 0.05) is 27.2 Å². The number of hydrogen-bond donors (Lipinski definition) is 1. The molecule has 1 aliphatic rings. The van der Waals surface area contributed by atoms with Crippen LogP contribution in [0.4, 0.5) is 17.5 Å². The third kappa shape index (κ3) is 4.85. The lowest BCUT2D eigenvalue weighted by Crippen LogP contribution is -2.37. The average Bonchev–Trinajstić information content (AvgIpc) is 2.69. The highest BCUT2D eigenvalue weighted by Crippen LogP contribution is 2.24. The molecule has 1 fully saturated rings. The van der Waals surface area contributed by atoms with Gasteiger partial charge in [-0.1, -0.05) is 18.2 Å². The highest BCUT2D eigenvalue weighted by Gasteiger charge is 2.20. The van der Waals surface area contributed by atoms with E-state index in [0.29, 0.717) is 36.4 Å². The summed E-state index contributed by atoms with van der Waals surface area (Å²) in [4.78, 5) is 25.5. The van der Waals surface area contributed by atoms with Gasteiger partial charge < -0.3 is 24.6 Å². The van der Waals surface area contributed by atoms with Crippen LogP contribution in [0, 0.1) is 0 Å². The Morgan fingerprint density at radius 1 is 1.26 bits per heavy atom. The fourth-order valence-corrected chi connectivity index (χ4v) is 2.70. The van der Waals surface area contributed by atoms with Crippen LogP contribution in [0.15, 0.2) is 36.5 Å². The Morgan fingerprint density at radius 3 is 2.63 bits per heavy atom. The van der Waals surface area contributed by atoms with Crippen molar-refractivity contribution in [1.82, 2.24) is 9.97 Å². The number of para-hydroxylation sites is 1. The van der Waals surface area contributed by atoms with E-state index >= 15 is 0 Å². The monoisotopic (exact) mass is 371 g/mol. The van der Waals surface area contributed by atoms with Gasteiger partial charge in [0.15, 0.2) is 11.9 Å². The number of anilines is 3. The third-order valence-electron chi connectivity index (χ3n) is 4.16. The van der Waals surface area contributed by atoms with Crippen LogP contribution in [-0.2, 0) is 9.53 Å². The first-order valence-electron chi connectivity index (χ1n) is 8.94. The van der Waals surface area contributed by atoms with Gasteiger partial charge in [-0.25, -0.2) is 4.98 Å². The number of aromatic nitrogens is 2. The molecule has 1 atom stereocenters. The van der Waals surface area contributed by atoms with Gasteiger partial charge in [0.05, 0.1) is 19.4 Å². The quantitative estimate of drug-likeness (QED) is 0.829. The molecule has 0 radical (unpaired) electrons. The van der Waals surface area contributed by atoms with E-state index in [4.69, 9.17) is 9.47 Å². The van der Waals surface area contributed by atoms with E-state index in [2.05, 4.69) is 20.2 Å². The van der Waals surface area contributed by atoms with Gasteiger partial charge in [-0.15, -0.1) is 0 Å². The van der Waals surface area contributed by atoms with Gasteiger partial charge in [0.25, 0.3) is 5.91 Å². The van der Waals surface area contributed by atoms with Crippen molar-refractivity contribution in [1.29, 1.82) is 0 Å². The number of hydrogen-bond acceptors (Lipinski definition) is 7. The zero-order valence-corrected chi connectivity index (χ0v) is 15.9. The first kappa shape index (κ1) is 18.9. The standard InChI is InChI=1S/C19H25N5O3/c1-14(27-15-7-5-4-6-8-15)18(25)21-16-13-20-19(22-17(16)23(2)3)24-9-11-26-12-10-24/h4-8,13-14H,9-12H2,1-3H3,(H,21,25). The van der Waals surface area contributed by atoms with E-state index in [9.17, 15) is 4.79 Å². The minimum Gasteiger partial charge on any atom is -0.481 e. The first-order valence-corrected chi connectivity index (χ1v) is 8.94. The molecule has 27 heavy (non-hydrogen) atoms. The van der Waals surface area contributed by atoms with Gasteiger partial charge >= 0.3 is 0 Å². The maximum atomic E-state index is 12.5. The predicted octanol–water partition coefficient (Wildman–Crippen LogP) is 1.79. The molecule has 0 bridgehead atoms. The van der Waals surface area contributed by atoms with E-state index in [-0.39, 0.29) is 5.91 Å². The lowest BCUT2D eigenvalue weighted by atomic mass is 10.3. The number of nitrogens with one attached hydrogen (secondary N) is 1. The highest BCUT2D eigenvalue weighted by atomic mass is 16.5. The Morgan fingerprint density at radius 2 is 1.96 bits per heavy atom. The van der Waals surface area contributed by atoms with Crippen LogP contribution < -0.4 is 19.9 Å². The van der Waals surface area contributed by atoms with Crippen molar-refractivity contribution < 1.29 is 14.3 Å². The molecular weight excluding hydrogens is 346 g/mol. The van der Waals surface area contributed by atoms with Gasteiger partial charge in [-0.05, 0) is 19.1 Å². The second-order valence-electron chi connectivity index (χ2n) is 6.46. The van der Waals surface area contributed by atoms with Gasteiger partial charge in [0.1, 0.15) is 11.4 Å². The molecule has 8 nitrogen and oxygen atoms in total. The molecule has 1 saturated heterocycles. The number of nitrogens with zero attached hydrogens (tertiary/aromatic N) is 4. The molecular formula is C19H25N5O3. The van der Waals surface area contributed by atoms with Gasteiger partial charge in [0.2, 0.25) is 5.95 Å². The molecule has 1 aromatic heterocycles. The zero-order valence-electron chi connectivity index (χ0n) is 15.9. The number of morpholine rings is 1. The summed E-state index contributed by atoms with van der Waals surface area (Å²) in [6.45, 7) is 4.53. The summed E-state index contributed by atoms with van der Waals surface area (Å²) in [5, 5.41) is 2.87. The predicted molar refractivity (Wildman–Crippen MR) is 105 cm³/mol. The Hall–Kier alpha value is -2.87. The molecule has 8 heteroatoms.